The maximum Gasteiger partial charge on any atom is 0.291 e. The van der Waals surface area contributed by atoms with Crippen LogP contribution in [0.25, 0.3) is 22.2 Å². The molecule has 5 aromatic rings. The Balaban J connectivity index is 1.82. The van der Waals surface area contributed by atoms with Gasteiger partial charge in [0, 0.05) is 22.9 Å². The van der Waals surface area contributed by atoms with E-state index in [0.29, 0.717) is 16.9 Å². The Morgan fingerprint density at radius 2 is 1.62 bits per heavy atom. The number of nitrogens with one attached hydrogen (secondary N) is 1. The second-order valence-electron chi connectivity index (χ2n) is 8.41. The Hall–Kier alpha value is -6.00. The van der Waals surface area contributed by atoms with Gasteiger partial charge in [-0.1, -0.05) is 42.5 Å². The molecule has 2 heterocycles. The van der Waals surface area contributed by atoms with Crippen molar-refractivity contribution in [3.05, 3.63) is 106 Å². The Morgan fingerprint density at radius 3 is 2.31 bits per heavy atom. The number of aromatic hydroxyl groups is 2. The minimum Gasteiger partial charge on any atom is -0.507 e. The number of aromatic amines is 1. The normalized spacial score (nSPS) is 11.5. The van der Waals surface area contributed by atoms with Crippen LogP contribution in [0.15, 0.2) is 87.7 Å². The lowest BCUT2D eigenvalue weighted by Crippen LogP contribution is -2.23. The van der Waals surface area contributed by atoms with Gasteiger partial charge in [-0.2, -0.15) is 20.3 Å². The highest BCUT2D eigenvalue weighted by atomic mass is 16.3. The zero-order chi connectivity index (χ0) is 27.5. The Labute approximate surface area is 221 Å². The smallest absolute Gasteiger partial charge is 0.291 e. The summed E-state index contributed by atoms with van der Waals surface area (Å²) in [6.07, 6.45) is 1.29. The van der Waals surface area contributed by atoms with Crippen molar-refractivity contribution in [2.75, 3.05) is 0 Å². The number of nitriles is 2. The van der Waals surface area contributed by atoms with Gasteiger partial charge >= 0.3 is 0 Å². The SMILES string of the molecule is C/C(=N\n1c(N=Cc2ccccc2O)c(C#N)c(-c2ccccc2O)c(C#N)c1=O)c1nc2ccccc2[nH]1. The lowest BCUT2D eigenvalue weighted by atomic mass is 9.96. The van der Waals surface area contributed by atoms with Gasteiger partial charge in [-0.15, -0.1) is 0 Å². The predicted molar refractivity (Wildman–Crippen MR) is 146 cm³/mol. The molecule has 10 nitrogen and oxygen atoms in total. The van der Waals surface area contributed by atoms with Crippen molar-refractivity contribution in [3.63, 3.8) is 0 Å². The molecule has 0 fully saturated rings. The van der Waals surface area contributed by atoms with Crippen LogP contribution < -0.4 is 5.56 Å². The average molecular weight is 514 g/mol. The van der Waals surface area contributed by atoms with E-state index in [2.05, 4.69) is 20.1 Å². The third kappa shape index (κ3) is 4.50. The van der Waals surface area contributed by atoms with Crippen molar-refractivity contribution in [1.82, 2.24) is 14.6 Å². The number of hydrogen-bond donors (Lipinski definition) is 3. The number of phenols is 2. The number of aliphatic imine (C=N–C) groups is 1. The van der Waals surface area contributed by atoms with Crippen LogP contribution in [0.4, 0.5) is 5.82 Å². The van der Waals surface area contributed by atoms with Crippen molar-refractivity contribution in [1.29, 1.82) is 10.5 Å². The number of nitrogens with zero attached hydrogens (tertiary/aromatic N) is 6. The molecule has 0 unspecified atom stereocenters. The standard InChI is InChI=1S/C29H19N7O3/c1-17(27-33-22-10-4-5-11-23(22)34-27)35-36-28(32-16-18-8-2-6-12-24(18)37)20(14-30)26(21(15-31)29(36)39)19-9-3-7-13-25(19)38/h2-13,16,37-38H,1H3,(H,33,34)/b32-16?,35-17+. The topological polar surface area (TPSA) is 163 Å². The van der Waals surface area contributed by atoms with Crippen LogP contribution in [0.1, 0.15) is 29.4 Å². The lowest BCUT2D eigenvalue weighted by Gasteiger charge is -2.14. The summed E-state index contributed by atoms with van der Waals surface area (Å²) in [6.45, 7) is 1.62. The van der Waals surface area contributed by atoms with Gasteiger partial charge in [0.05, 0.1) is 11.0 Å². The van der Waals surface area contributed by atoms with Crippen LogP contribution in [0.2, 0.25) is 0 Å². The molecule has 0 aliphatic carbocycles. The molecular formula is C29H19N7O3. The first-order chi connectivity index (χ1) is 18.9. The highest BCUT2D eigenvalue weighted by molar-refractivity contribution is 5.98. The Morgan fingerprint density at radius 1 is 0.949 bits per heavy atom. The summed E-state index contributed by atoms with van der Waals surface area (Å²) in [5.74, 6) is -0.107. The molecular weight excluding hydrogens is 494 g/mol. The van der Waals surface area contributed by atoms with E-state index in [9.17, 15) is 25.5 Å². The molecule has 0 saturated carbocycles. The first kappa shape index (κ1) is 24.7. The zero-order valence-electron chi connectivity index (χ0n) is 20.5. The summed E-state index contributed by atoms with van der Waals surface area (Å²) in [6, 6.07) is 23.7. The largest absolute Gasteiger partial charge is 0.507 e. The zero-order valence-corrected chi connectivity index (χ0v) is 20.5. The van der Waals surface area contributed by atoms with Gasteiger partial charge < -0.3 is 15.2 Å². The van der Waals surface area contributed by atoms with Crippen molar-refractivity contribution in [2.24, 2.45) is 10.1 Å². The van der Waals surface area contributed by atoms with Crippen molar-refractivity contribution in [3.8, 4) is 34.8 Å². The van der Waals surface area contributed by atoms with Crippen LogP contribution >= 0.6 is 0 Å². The van der Waals surface area contributed by atoms with Gasteiger partial charge in [-0.25, -0.2) is 9.98 Å². The fourth-order valence-electron chi connectivity index (χ4n) is 4.08. The van der Waals surface area contributed by atoms with Crippen LogP contribution in [-0.2, 0) is 0 Å². The number of pyridine rings is 1. The fourth-order valence-corrected chi connectivity index (χ4v) is 4.08. The third-order valence-corrected chi connectivity index (χ3v) is 5.97. The summed E-state index contributed by atoms with van der Waals surface area (Å²) >= 11 is 0. The molecule has 0 amide bonds. The summed E-state index contributed by atoms with van der Waals surface area (Å²) in [5.41, 5.74) is 0.704. The highest BCUT2D eigenvalue weighted by Crippen LogP contribution is 2.36. The molecule has 0 atom stereocenters. The molecule has 0 spiro atoms. The van der Waals surface area contributed by atoms with E-state index in [1.165, 1.54) is 24.4 Å². The van der Waals surface area contributed by atoms with E-state index in [1.807, 2.05) is 36.4 Å². The quantitative estimate of drug-likeness (QED) is 0.291. The van der Waals surface area contributed by atoms with Gasteiger partial charge in [0.15, 0.2) is 11.6 Å². The molecule has 0 saturated heterocycles. The summed E-state index contributed by atoms with van der Waals surface area (Å²) < 4.78 is 0.861. The van der Waals surface area contributed by atoms with Crippen LogP contribution in [-0.4, -0.2) is 36.8 Å². The van der Waals surface area contributed by atoms with E-state index in [4.69, 9.17) is 0 Å². The van der Waals surface area contributed by atoms with E-state index in [0.717, 1.165) is 10.2 Å². The summed E-state index contributed by atoms with van der Waals surface area (Å²) in [5, 5.41) is 45.4. The van der Waals surface area contributed by atoms with Gasteiger partial charge in [0.1, 0.15) is 40.5 Å². The maximum atomic E-state index is 13.7. The molecule has 39 heavy (non-hydrogen) atoms. The number of hydrogen-bond acceptors (Lipinski definition) is 8. The molecule has 10 heteroatoms. The number of aromatic nitrogens is 3. The van der Waals surface area contributed by atoms with E-state index >= 15 is 0 Å². The number of H-pyrrole nitrogens is 1. The number of fused-ring (bicyclic) bond motifs is 1. The maximum absolute atomic E-state index is 13.7. The Kier molecular flexibility index (Phi) is 6.43. The molecule has 0 bridgehead atoms. The van der Waals surface area contributed by atoms with Gasteiger partial charge in [-0.3, -0.25) is 4.79 Å². The van der Waals surface area contributed by atoms with Crippen molar-refractivity contribution in [2.45, 2.75) is 6.92 Å². The summed E-state index contributed by atoms with van der Waals surface area (Å²) in [7, 11) is 0. The number of benzene rings is 3. The second-order valence-corrected chi connectivity index (χ2v) is 8.41. The highest BCUT2D eigenvalue weighted by Gasteiger charge is 2.25. The molecule has 0 aliphatic heterocycles. The monoisotopic (exact) mass is 513 g/mol. The van der Waals surface area contributed by atoms with E-state index < -0.39 is 11.1 Å². The average Bonchev–Trinajstić information content (AvgIpc) is 3.39. The third-order valence-electron chi connectivity index (χ3n) is 5.97. The van der Waals surface area contributed by atoms with Crippen molar-refractivity contribution < 1.29 is 10.2 Å². The van der Waals surface area contributed by atoms with Gasteiger partial charge in [-0.05, 0) is 37.3 Å². The molecule has 2 aromatic heterocycles. The van der Waals surface area contributed by atoms with Crippen molar-refractivity contribution >= 4 is 28.8 Å². The van der Waals surface area contributed by atoms with Crippen LogP contribution in [0.5, 0.6) is 11.5 Å². The number of rotatable bonds is 5. The van der Waals surface area contributed by atoms with Crippen LogP contribution in [0, 0.1) is 22.7 Å². The number of phenolic OH excluding ortho intramolecular Hbond substituents is 2. The first-order valence-corrected chi connectivity index (χ1v) is 11.7. The Bertz CT molecular complexity index is 1920. The second kappa shape index (κ2) is 10.2. The van der Waals surface area contributed by atoms with Gasteiger partial charge in [0.2, 0.25) is 0 Å². The summed E-state index contributed by atoms with van der Waals surface area (Å²) in [4.78, 5) is 25.7. The lowest BCUT2D eigenvalue weighted by molar-refractivity contribution is 0.474. The fraction of sp³-hybridized carbons (Fsp3) is 0.0345. The molecule has 3 aromatic carbocycles. The number of imidazole rings is 1. The molecule has 5 rings (SSSR count). The number of para-hydroxylation sites is 4. The van der Waals surface area contributed by atoms with Gasteiger partial charge in [0.25, 0.3) is 5.56 Å². The predicted octanol–water partition coefficient (Wildman–Crippen LogP) is 4.57. The molecule has 0 radical (unpaired) electrons. The molecule has 0 aliphatic rings. The van der Waals surface area contributed by atoms with Crippen LogP contribution in [0.3, 0.4) is 0 Å². The molecule has 188 valence electrons. The minimum absolute atomic E-state index is 0.0646. The van der Waals surface area contributed by atoms with E-state index in [-0.39, 0.29) is 39.7 Å². The minimum atomic E-state index is -0.852. The first-order valence-electron chi connectivity index (χ1n) is 11.7. The molecule has 3 N–H and O–H groups in total. The van der Waals surface area contributed by atoms with E-state index in [1.54, 1.807) is 37.3 Å².